The van der Waals surface area contributed by atoms with Gasteiger partial charge in [-0.1, -0.05) is 12.8 Å². The summed E-state index contributed by atoms with van der Waals surface area (Å²) in [6.45, 7) is 0.100. The van der Waals surface area contributed by atoms with Crippen molar-refractivity contribution < 1.29 is 44.3 Å². The summed E-state index contributed by atoms with van der Waals surface area (Å²) in [5.74, 6) is -1.13. The van der Waals surface area contributed by atoms with Crippen molar-refractivity contribution in [2.45, 2.75) is 75.1 Å². The standard InChI is InChI=1S/C19H30N5O9P/c1-9(26)16-22-17(21-10-4-2-3-5-10)11-6-20-24(18(11)23-16)19-15(28)14(27)12(33-19)8-32-13(7-25)34(29,30)31/h6,9-10,12-15,19,25-28H,2-5,7-8H2,1H3,(H,21,22,23)(H2,29,30,31)/t9?,12-,13?,14-,15-,19-/m1/s1. The SMILES string of the molecule is CC(O)c1nc(NC2CCCC2)c2cnn([C@@H]3O[C@H](COC(CO)P(=O)(O)O)[C@@H](O)[C@H]3O)c2n1. The fourth-order valence-corrected chi connectivity index (χ4v) is 4.71. The molecule has 2 aliphatic rings. The van der Waals surface area contributed by atoms with E-state index < -0.39 is 57.3 Å². The first-order chi connectivity index (χ1) is 16.1. The summed E-state index contributed by atoms with van der Waals surface area (Å²) in [5.41, 5.74) is 0.271. The molecule has 1 aliphatic carbocycles. The highest BCUT2D eigenvalue weighted by atomic mass is 31.2. The van der Waals surface area contributed by atoms with Gasteiger partial charge in [-0.2, -0.15) is 5.10 Å². The molecule has 0 bridgehead atoms. The average Bonchev–Trinajstić information content (AvgIpc) is 3.49. The lowest BCUT2D eigenvalue weighted by Crippen LogP contribution is -2.35. The highest BCUT2D eigenvalue weighted by Gasteiger charge is 2.46. The summed E-state index contributed by atoms with van der Waals surface area (Å²) in [6, 6.07) is 0.230. The van der Waals surface area contributed by atoms with E-state index in [0.29, 0.717) is 11.2 Å². The molecular weight excluding hydrogens is 473 g/mol. The Kier molecular flexibility index (Phi) is 7.53. The zero-order chi connectivity index (χ0) is 24.6. The summed E-state index contributed by atoms with van der Waals surface area (Å²) in [6.07, 6.45) is -0.550. The Labute approximate surface area is 194 Å². The monoisotopic (exact) mass is 503 g/mol. The molecule has 190 valence electrons. The minimum absolute atomic E-state index is 0.148. The Morgan fingerprint density at radius 3 is 2.59 bits per heavy atom. The molecule has 15 heteroatoms. The highest BCUT2D eigenvalue weighted by molar-refractivity contribution is 7.52. The number of nitrogens with one attached hydrogen (secondary N) is 1. The normalized spacial score (nSPS) is 28.0. The molecule has 0 aromatic carbocycles. The molecular formula is C19H30N5O9P. The summed E-state index contributed by atoms with van der Waals surface area (Å²) in [7, 11) is -4.73. The molecule has 1 aliphatic heterocycles. The molecule has 0 radical (unpaired) electrons. The number of aromatic nitrogens is 4. The number of anilines is 1. The van der Waals surface area contributed by atoms with Crippen LogP contribution in [0.15, 0.2) is 6.20 Å². The molecule has 4 rings (SSSR count). The first-order valence-corrected chi connectivity index (χ1v) is 12.8. The molecule has 1 saturated carbocycles. The zero-order valence-electron chi connectivity index (χ0n) is 18.5. The Bertz CT molecular complexity index is 1040. The quantitative estimate of drug-likeness (QED) is 0.213. The van der Waals surface area contributed by atoms with Gasteiger partial charge >= 0.3 is 7.60 Å². The van der Waals surface area contributed by atoms with Crippen LogP contribution in [0.3, 0.4) is 0 Å². The van der Waals surface area contributed by atoms with Crippen LogP contribution >= 0.6 is 7.60 Å². The number of aliphatic hydroxyl groups excluding tert-OH is 4. The topological polar surface area (TPSA) is 213 Å². The van der Waals surface area contributed by atoms with E-state index in [9.17, 15) is 29.7 Å². The number of hydrogen-bond donors (Lipinski definition) is 7. The number of hydrogen-bond acceptors (Lipinski definition) is 11. The van der Waals surface area contributed by atoms with Crippen LogP contribution in [0.1, 0.15) is 50.8 Å². The fraction of sp³-hybridized carbons (Fsp3) is 0.737. The van der Waals surface area contributed by atoms with Gasteiger partial charge in [0.15, 0.2) is 23.5 Å². The molecule has 0 amide bonds. The van der Waals surface area contributed by atoms with Gasteiger partial charge in [-0.3, -0.25) is 4.57 Å². The summed E-state index contributed by atoms with van der Waals surface area (Å²) in [4.78, 5) is 27.2. The molecule has 2 fully saturated rings. The Morgan fingerprint density at radius 2 is 1.97 bits per heavy atom. The molecule has 2 aromatic heterocycles. The van der Waals surface area contributed by atoms with Crippen molar-refractivity contribution >= 4 is 24.4 Å². The lowest BCUT2D eigenvalue weighted by atomic mass is 10.1. The van der Waals surface area contributed by atoms with E-state index in [4.69, 9.17) is 14.6 Å². The molecule has 0 spiro atoms. The maximum absolute atomic E-state index is 11.4. The maximum atomic E-state index is 11.4. The summed E-state index contributed by atoms with van der Waals surface area (Å²) in [5, 5.41) is 48.5. The van der Waals surface area contributed by atoms with E-state index >= 15 is 0 Å². The molecule has 3 heterocycles. The molecule has 7 N–H and O–H groups in total. The van der Waals surface area contributed by atoms with E-state index in [1.807, 2.05) is 0 Å². The summed E-state index contributed by atoms with van der Waals surface area (Å²) < 4.78 is 23.4. The molecule has 2 aromatic rings. The van der Waals surface area contributed by atoms with Crippen molar-refractivity contribution in [2.75, 3.05) is 18.5 Å². The van der Waals surface area contributed by atoms with Gasteiger partial charge in [0.05, 0.1) is 24.8 Å². The Balaban J connectivity index is 1.60. The van der Waals surface area contributed by atoms with Crippen LogP contribution in [-0.2, 0) is 14.0 Å². The second-order valence-electron chi connectivity index (χ2n) is 8.66. The van der Waals surface area contributed by atoms with Gasteiger partial charge in [-0.05, 0) is 19.8 Å². The molecule has 2 unspecified atom stereocenters. The third-order valence-electron chi connectivity index (χ3n) is 6.10. The minimum atomic E-state index is -4.73. The molecule has 14 nitrogen and oxygen atoms in total. The molecule has 6 atom stereocenters. The van der Waals surface area contributed by atoms with Gasteiger partial charge in [0, 0.05) is 6.04 Å². The zero-order valence-corrected chi connectivity index (χ0v) is 19.4. The van der Waals surface area contributed by atoms with Crippen molar-refractivity contribution in [3.05, 3.63) is 12.0 Å². The first kappa shape index (κ1) is 25.4. The number of aliphatic hydroxyl groups is 4. The van der Waals surface area contributed by atoms with E-state index in [2.05, 4.69) is 20.4 Å². The third-order valence-corrected chi connectivity index (χ3v) is 7.17. The van der Waals surface area contributed by atoms with Gasteiger partial charge in [0.2, 0.25) is 0 Å². The van der Waals surface area contributed by atoms with Crippen molar-refractivity contribution in [1.29, 1.82) is 0 Å². The van der Waals surface area contributed by atoms with Crippen molar-refractivity contribution in [3.8, 4) is 0 Å². The third kappa shape index (κ3) is 5.10. The van der Waals surface area contributed by atoms with Crippen molar-refractivity contribution in [2.24, 2.45) is 0 Å². The van der Waals surface area contributed by atoms with Crippen LogP contribution in [0, 0.1) is 0 Å². The first-order valence-electron chi connectivity index (χ1n) is 11.1. The predicted octanol–water partition coefficient (Wildman–Crippen LogP) is -0.634. The van der Waals surface area contributed by atoms with E-state index in [-0.39, 0.29) is 17.5 Å². The largest absolute Gasteiger partial charge is 0.393 e. The van der Waals surface area contributed by atoms with Gasteiger partial charge in [-0.25, -0.2) is 14.6 Å². The van der Waals surface area contributed by atoms with E-state index in [0.717, 1.165) is 25.7 Å². The number of nitrogens with zero attached hydrogens (tertiary/aromatic N) is 4. The van der Waals surface area contributed by atoms with Crippen LogP contribution in [0.5, 0.6) is 0 Å². The van der Waals surface area contributed by atoms with Gasteiger partial charge in [0.25, 0.3) is 0 Å². The lowest BCUT2D eigenvalue weighted by molar-refractivity contribution is -0.0807. The smallest absolute Gasteiger partial charge is 0.356 e. The lowest BCUT2D eigenvalue weighted by Gasteiger charge is -2.20. The second-order valence-corrected chi connectivity index (χ2v) is 10.4. The number of ether oxygens (including phenoxy) is 2. The fourth-order valence-electron chi connectivity index (χ4n) is 4.22. The number of fused-ring (bicyclic) bond motifs is 1. The average molecular weight is 503 g/mol. The van der Waals surface area contributed by atoms with Crippen LogP contribution in [0.25, 0.3) is 11.0 Å². The second kappa shape index (κ2) is 10.1. The van der Waals surface area contributed by atoms with Crippen LogP contribution in [0.4, 0.5) is 5.82 Å². The van der Waals surface area contributed by atoms with Gasteiger partial charge in [-0.15, -0.1) is 0 Å². The van der Waals surface area contributed by atoms with Gasteiger partial charge < -0.3 is 45.0 Å². The molecule has 34 heavy (non-hydrogen) atoms. The van der Waals surface area contributed by atoms with Crippen molar-refractivity contribution in [1.82, 2.24) is 19.7 Å². The summed E-state index contributed by atoms with van der Waals surface area (Å²) >= 11 is 0. The van der Waals surface area contributed by atoms with Crippen LogP contribution in [0.2, 0.25) is 0 Å². The van der Waals surface area contributed by atoms with E-state index in [1.165, 1.54) is 17.8 Å². The molecule has 1 saturated heterocycles. The van der Waals surface area contributed by atoms with Crippen molar-refractivity contribution in [3.63, 3.8) is 0 Å². The predicted molar refractivity (Wildman–Crippen MR) is 117 cm³/mol. The number of rotatable bonds is 9. The minimum Gasteiger partial charge on any atom is -0.393 e. The van der Waals surface area contributed by atoms with E-state index in [1.54, 1.807) is 0 Å². The Morgan fingerprint density at radius 1 is 1.26 bits per heavy atom. The van der Waals surface area contributed by atoms with Crippen LogP contribution < -0.4 is 5.32 Å². The maximum Gasteiger partial charge on any atom is 0.356 e. The van der Waals surface area contributed by atoms with Gasteiger partial charge in [0.1, 0.15) is 30.2 Å². The van der Waals surface area contributed by atoms with Crippen LogP contribution in [-0.4, -0.2) is 93.4 Å². The Hall–Kier alpha value is -1.74. The highest BCUT2D eigenvalue weighted by Crippen LogP contribution is 2.42.